The molecule has 0 aliphatic rings. The summed E-state index contributed by atoms with van der Waals surface area (Å²) in [5.74, 6) is 0.848. The number of H-pyrrole nitrogens is 1. The molecule has 0 saturated heterocycles. The van der Waals surface area contributed by atoms with Gasteiger partial charge in [0.1, 0.15) is 0 Å². The van der Waals surface area contributed by atoms with E-state index in [1.54, 1.807) is 0 Å². The Bertz CT molecular complexity index is 696. The van der Waals surface area contributed by atoms with Crippen LogP contribution < -0.4 is 5.73 Å². The molecule has 0 unspecified atom stereocenters. The summed E-state index contributed by atoms with van der Waals surface area (Å²) in [5.41, 5.74) is 9.85. The highest BCUT2D eigenvalue weighted by Crippen LogP contribution is 2.31. The molecule has 17 heavy (non-hydrogen) atoms. The van der Waals surface area contributed by atoms with E-state index >= 15 is 0 Å². The highest BCUT2D eigenvalue weighted by molar-refractivity contribution is 7.18. The maximum Gasteiger partial charge on any atom is 0.180 e. The van der Waals surface area contributed by atoms with E-state index in [4.69, 9.17) is 5.73 Å². The zero-order chi connectivity index (χ0) is 12.0. The fraction of sp³-hybridized carbons (Fsp3) is 0.167. The molecule has 4 nitrogen and oxygen atoms in total. The van der Waals surface area contributed by atoms with Crippen molar-refractivity contribution in [1.29, 1.82) is 0 Å². The summed E-state index contributed by atoms with van der Waals surface area (Å²) >= 11 is 1.46. The molecule has 86 valence electrons. The Morgan fingerprint density at radius 2 is 2.06 bits per heavy atom. The summed E-state index contributed by atoms with van der Waals surface area (Å²) in [4.78, 5) is 13.2. The molecule has 3 aromatic rings. The average Bonchev–Trinajstić information content (AvgIpc) is 2.82. The van der Waals surface area contributed by atoms with Crippen LogP contribution in [-0.2, 0) is 0 Å². The number of aryl methyl sites for hydroxylation is 2. The summed E-state index contributed by atoms with van der Waals surface area (Å²) in [6.45, 7) is 4.00. The van der Waals surface area contributed by atoms with Gasteiger partial charge in [0, 0.05) is 0 Å². The van der Waals surface area contributed by atoms with Crippen molar-refractivity contribution in [3.05, 3.63) is 29.5 Å². The van der Waals surface area contributed by atoms with Crippen molar-refractivity contribution in [2.45, 2.75) is 13.8 Å². The van der Waals surface area contributed by atoms with Gasteiger partial charge in [-0.15, -0.1) is 0 Å². The van der Waals surface area contributed by atoms with Crippen LogP contribution in [-0.4, -0.2) is 15.0 Å². The number of anilines is 1. The number of aromatic nitrogens is 3. The molecule has 0 fully saturated rings. The van der Waals surface area contributed by atoms with Crippen molar-refractivity contribution >= 4 is 27.5 Å². The smallest absolute Gasteiger partial charge is 0.180 e. The Kier molecular flexibility index (Phi) is 2.16. The van der Waals surface area contributed by atoms with Gasteiger partial charge in [-0.1, -0.05) is 23.5 Å². The van der Waals surface area contributed by atoms with Gasteiger partial charge in [0.15, 0.2) is 11.0 Å². The Hall–Kier alpha value is -1.88. The van der Waals surface area contributed by atoms with E-state index in [1.165, 1.54) is 16.9 Å². The first-order valence-corrected chi connectivity index (χ1v) is 6.15. The third-order valence-corrected chi connectivity index (χ3v) is 3.74. The van der Waals surface area contributed by atoms with E-state index in [9.17, 15) is 0 Å². The predicted octanol–water partition coefficient (Wildman–Crippen LogP) is 2.89. The minimum absolute atomic E-state index is 0.578. The van der Waals surface area contributed by atoms with Gasteiger partial charge in [-0.3, -0.25) is 0 Å². The molecule has 0 amide bonds. The standard InChI is InChI=1S/C12H12N4S/c1-6-4-3-5-8-9(6)16-11(15-8)10-7(2)14-12(13)17-10/h3-5H,1-2H3,(H2,13,14)(H,15,16). The van der Waals surface area contributed by atoms with Crippen LogP contribution in [0.2, 0.25) is 0 Å². The second-order valence-corrected chi connectivity index (χ2v) is 5.05. The first kappa shape index (κ1) is 10.3. The van der Waals surface area contributed by atoms with Crippen LogP contribution >= 0.6 is 11.3 Å². The van der Waals surface area contributed by atoms with Crippen molar-refractivity contribution in [1.82, 2.24) is 15.0 Å². The minimum Gasteiger partial charge on any atom is -0.375 e. The zero-order valence-electron chi connectivity index (χ0n) is 9.61. The van der Waals surface area contributed by atoms with Gasteiger partial charge in [-0.25, -0.2) is 9.97 Å². The van der Waals surface area contributed by atoms with E-state index in [-0.39, 0.29) is 0 Å². The number of nitrogens with zero attached hydrogens (tertiary/aromatic N) is 2. The Labute approximate surface area is 103 Å². The van der Waals surface area contributed by atoms with Crippen LogP contribution in [0.5, 0.6) is 0 Å². The quantitative estimate of drug-likeness (QED) is 0.691. The lowest BCUT2D eigenvalue weighted by Crippen LogP contribution is -1.81. The van der Waals surface area contributed by atoms with Gasteiger partial charge in [0.25, 0.3) is 0 Å². The van der Waals surface area contributed by atoms with Crippen molar-refractivity contribution in [2.75, 3.05) is 5.73 Å². The predicted molar refractivity (Wildman–Crippen MR) is 71.1 cm³/mol. The van der Waals surface area contributed by atoms with Gasteiger partial charge in [0.05, 0.1) is 21.6 Å². The first-order valence-electron chi connectivity index (χ1n) is 5.34. The highest BCUT2D eigenvalue weighted by Gasteiger charge is 2.12. The third kappa shape index (κ3) is 1.59. The summed E-state index contributed by atoms with van der Waals surface area (Å²) in [5, 5.41) is 0.578. The summed E-state index contributed by atoms with van der Waals surface area (Å²) in [6.07, 6.45) is 0. The average molecular weight is 244 g/mol. The van der Waals surface area contributed by atoms with Gasteiger partial charge < -0.3 is 10.7 Å². The normalized spacial score (nSPS) is 11.2. The third-order valence-electron chi connectivity index (χ3n) is 2.74. The van der Waals surface area contributed by atoms with E-state index in [1.807, 2.05) is 19.1 Å². The number of rotatable bonds is 1. The van der Waals surface area contributed by atoms with Gasteiger partial charge in [0.2, 0.25) is 0 Å². The van der Waals surface area contributed by atoms with E-state index in [2.05, 4.69) is 27.9 Å². The lowest BCUT2D eigenvalue weighted by atomic mass is 10.2. The molecule has 0 bridgehead atoms. The van der Waals surface area contributed by atoms with Crippen LogP contribution in [0, 0.1) is 13.8 Å². The molecular formula is C12H12N4S. The van der Waals surface area contributed by atoms with Crippen molar-refractivity contribution in [2.24, 2.45) is 0 Å². The molecule has 0 atom stereocenters. The highest BCUT2D eigenvalue weighted by atomic mass is 32.1. The molecule has 2 heterocycles. The number of benzene rings is 1. The summed E-state index contributed by atoms with van der Waals surface area (Å²) < 4.78 is 0. The summed E-state index contributed by atoms with van der Waals surface area (Å²) in [7, 11) is 0. The topological polar surface area (TPSA) is 67.6 Å². The number of para-hydroxylation sites is 1. The van der Waals surface area contributed by atoms with Crippen molar-refractivity contribution < 1.29 is 0 Å². The van der Waals surface area contributed by atoms with E-state index in [0.29, 0.717) is 5.13 Å². The number of aromatic amines is 1. The molecule has 2 aromatic heterocycles. The first-order chi connectivity index (χ1) is 8.15. The molecule has 3 rings (SSSR count). The second-order valence-electron chi connectivity index (χ2n) is 4.02. The fourth-order valence-electron chi connectivity index (χ4n) is 1.92. The van der Waals surface area contributed by atoms with Crippen LogP contribution in [0.3, 0.4) is 0 Å². The number of nitrogens with two attached hydrogens (primary N) is 1. The van der Waals surface area contributed by atoms with Gasteiger partial charge in [-0.2, -0.15) is 0 Å². The number of fused-ring (bicyclic) bond motifs is 1. The maximum absolute atomic E-state index is 5.71. The maximum atomic E-state index is 5.71. The van der Waals surface area contributed by atoms with Crippen molar-refractivity contribution in [3.63, 3.8) is 0 Å². The monoisotopic (exact) mass is 244 g/mol. The molecular weight excluding hydrogens is 232 g/mol. The largest absolute Gasteiger partial charge is 0.375 e. The van der Waals surface area contributed by atoms with Gasteiger partial charge >= 0.3 is 0 Å². The van der Waals surface area contributed by atoms with Crippen LogP contribution in [0.4, 0.5) is 5.13 Å². The second kappa shape index (κ2) is 3.56. The Morgan fingerprint density at radius 3 is 2.71 bits per heavy atom. The van der Waals surface area contributed by atoms with Crippen LogP contribution in [0.15, 0.2) is 18.2 Å². The Balaban J connectivity index is 2.25. The lowest BCUT2D eigenvalue weighted by molar-refractivity contribution is 1.25. The lowest BCUT2D eigenvalue weighted by Gasteiger charge is -1.90. The molecule has 0 aliphatic heterocycles. The van der Waals surface area contributed by atoms with Crippen molar-refractivity contribution in [3.8, 4) is 10.7 Å². The number of nitrogens with one attached hydrogen (secondary N) is 1. The molecule has 1 aromatic carbocycles. The van der Waals surface area contributed by atoms with Crippen LogP contribution in [0.1, 0.15) is 11.3 Å². The number of thiazole rings is 1. The van der Waals surface area contributed by atoms with Gasteiger partial charge in [-0.05, 0) is 25.5 Å². The number of hydrogen-bond donors (Lipinski definition) is 2. The molecule has 3 N–H and O–H groups in total. The molecule has 5 heteroatoms. The fourth-order valence-corrected chi connectivity index (χ4v) is 2.70. The minimum atomic E-state index is 0.578. The zero-order valence-corrected chi connectivity index (χ0v) is 10.4. The van der Waals surface area contributed by atoms with Crippen LogP contribution in [0.25, 0.3) is 21.7 Å². The summed E-state index contributed by atoms with van der Waals surface area (Å²) in [6, 6.07) is 6.10. The molecule has 0 spiro atoms. The number of imidazole rings is 1. The SMILES string of the molecule is Cc1nc(N)sc1-c1nc2c(C)cccc2[nH]1. The Morgan fingerprint density at radius 1 is 1.24 bits per heavy atom. The molecule has 0 saturated carbocycles. The molecule has 0 aliphatic carbocycles. The van der Waals surface area contributed by atoms with E-state index < -0.39 is 0 Å². The number of hydrogen-bond acceptors (Lipinski definition) is 4. The molecule has 0 radical (unpaired) electrons. The number of nitrogen functional groups attached to an aromatic ring is 1. The van der Waals surface area contributed by atoms with E-state index in [0.717, 1.165) is 27.4 Å².